The number of carbonyl (C=O) groups excluding carboxylic acids is 2. The number of carbonyl (C=O) groups is 2. The molecule has 0 unspecified atom stereocenters. The number of anilines is 2. The molecule has 7 heteroatoms. The monoisotopic (exact) mass is 318 g/mol. The lowest BCUT2D eigenvalue weighted by molar-refractivity contribution is 0.0648. The highest BCUT2D eigenvalue weighted by Crippen LogP contribution is 2.32. The lowest BCUT2D eigenvalue weighted by Crippen LogP contribution is -2.57. The molecule has 1 aromatic rings. The summed E-state index contributed by atoms with van der Waals surface area (Å²) in [6, 6.07) is 5.13. The average molecular weight is 318 g/mol. The van der Waals surface area contributed by atoms with Crippen LogP contribution >= 0.6 is 0 Å². The number of hydrogen-bond acceptors (Lipinski definition) is 3. The van der Waals surface area contributed by atoms with Crippen molar-refractivity contribution in [3.63, 3.8) is 0 Å². The smallest absolute Gasteiger partial charge is 0.321 e. The van der Waals surface area contributed by atoms with Crippen LogP contribution in [-0.2, 0) is 11.3 Å². The maximum absolute atomic E-state index is 12.2. The van der Waals surface area contributed by atoms with Gasteiger partial charge in [-0.25, -0.2) is 9.59 Å². The van der Waals surface area contributed by atoms with Crippen LogP contribution in [0.2, 0.25) is 0 Å². The van der Waals surface area contributed by atoms with E-state index in [4.69, 9.17) is 4.74 Å². The molecule has 1 aromatic carbocycles. The molecule has 3 rings (SSSR count). The molecule has 1 fully saturated rings. The van der Waals surface area contributed by atoms with Crippen molar-refractivity contribution < 1.29 is 14.3 Å². The van der Waals surface area contributed by atoms with E-state index in [0.717, 1.165) is 30.5 Å². The Bertz CT molecular complexity index is 628. The van der Waals surface area contributed by atoms with Gasteiger partial charge in [-0.2, -0.15) is 0 Å². The number of benzene rings is 1. The van der Waals surface area contributed by atoms with Crippen LogP contribution in [0.25, 0.3) is 0 Å². The van der Waals surface area contributed by atoms with Gasteiger partial charge in [-0.05, 0) is 43.0 Å². The molecule has 4 amide bonds. The second-order valence-electron chi connectivity index (χ2n) is 6.30. The Labute approximate surface area is 135 Å². The van der Waals surface area contributed by atoms with E-state index < -0.39 is 0 Å². The molecule has 0 radical (unpaired) electrons. The van der Waals surface area contributed by atoms with Gasteiger partial charge in [-0.3, -0.25) is 0 Å². The summed E-state index contributed by atoms with van der Waals surface area (Å²) in [5, 5.41) is 8.69. The molecule has 0 atom stereocenters. The zero-order chi connectivity index (χ0) is 16.4. The van der Waals surface area contributed by atoms with E-state index in [2.05, 4.69) is 16.0 Å². The van der Waals surface area contributed by atoms with Crippen molar-refractivity contribution in [2.24, 2.45) is 0 Å². The minimum Gasteiger partial charge on any atom is -0.382 e. The Kier molecular flexibility index (Phi) is 4.12. The SMILES string of the molecule is COCC1(NC(=O)Nc2ccc3c(c2)CN(C)C(=O)N3)CCC1. The first-order chi connectivity index (χ1) is 11.0. The summed E-state index contributed by atoms with van der Waals surface area (Å²) in [4.78, 5) is 25.4. The molecule has 23 heavy (non-hydrogen) atoms. The summed E-state index contributed by atoms with van der Waals surface area (Å²) in [5.41, 5.74) is 2.23. The standard InChI is InChI=1S/C16H22N4O3/c1-20-9-11-8-12(4-5-13(11)18-15(20)22)17-14(21)19-16(10-23-2)6-3-7-16/h4-5,8H,3,6-7,9-10H2,1-2H3,(H,18,22)(H2,17,19,21). The maximum Gasteiger partial charge on any atom is 0.321 e. The number of ether oxygens (including phenoxy) is 1. The van der Waals surface area contributed by atoms with E-state index >= 15 is 0 Å². The van der Waals surface area contributed by atoms with Crippen molar-refractivity contribution >= 4 is 23.4 Å². The molecular weight excluding hydrogens is 296 g/mol. The van der Waals surface area contributed by atoms with Gasteiger partial charge in [0.25, 0.3) is 0 Å². The van der Waals surface area contributed by atoms with Gasteiger partial charge in [-0.15, -0.1) is 0 Å². The molecule has 0 aromatic heterocycles. The minimum atomic E-state index is -0.235. The zero-order valence-electron chi connectivity index (χ0n) is 13.4. The number of hydrogen-bond donors (Lipinski definition) is 3. The van der Waals surface area contributed by atoms with Gasteiger partial charge in [0.05, 0.1) is 12.1 Å². The van der Waals surface area contributed by atoms with E-state index in [1.165, 1.54) is 0 Å². The third-order valence-electron chi connectivity index (χ3n) is 4.47. The fraction of sp³-hybridized carbons (Fsp3) is 0.500. The lowest BCUT2D eigenvalue weighted by atomic mass is 9.77. The highest BCUT2D eigenvalue weighted by Gasteiger charge is 2.38. The van der Waals surface area contributed by atoms with Crippen molar-refractivity contribution in [2.75, 3.05) is 31.4 Å². The lowest BCUT2D eigenvalue weighted by Gasteiger charge is -2.41. The zero-order valence-corrected chi connectivity index (χ0v) is 13.4. The Balaban J connectivity index is 1.65. The van der Waals surface area contributed by atoms with E-state index in [1.54, 1.807) is 25.1 Å². The quantitative estimate of drug-likeness (QED) is 0.797. The summed E-state index contributed by atoms with van der Waals surface area (Å²) in [6.07, 6.45) is 2.99. The van der Waals surface area contributed by atoms with Crippen molar-refractivity contribution in [1.82, 2.24) is 10.2 Å². The van der Waals surface area contributed by atoms with Gasteiger partial charge in [0.2, 0.25) is 0 Å². The topological polar surface area (TPSA) is 82.7 Å². The predicted molar refractivity (Wildman–Crippen MR) is 87.5 cm³/mol. The van der Waals surface area contributed by atoms with Crippen LogP contribution < -0.4 is 16.0 Å². The molecule has 1 saturated carbocycles. The Morgan fingerprint density at radius 2 is 2.22 bits per heavy atom. The van der Waals surface area contributed by atoms with Gasteiger partial charge < -0.3 is 25.6 Å². The highest BCUT2D eigenvalue weighted by molar-refractivity contribution is 5.94. The van der Waals surface area contributed by atoms with Crippen LogP contribution in [0.1, 0.15) is 24.8 Å². The van der Waals surface area contributed by atoms with Crippen LogP contribution in [0, 0.1) is 0 Å². The maximum atomic E-state index is 12.2. The van der Waals surface area contributed by atoms with Crippen molar-refractivity contribution in [3.8, 4) is 0 Å². The molecule has 124 valence electrons. The number of rotatable bonds is 4. The summed E-state index contributed by atoms with van der Waals surface area (Å²) in [6.45, 7) is 1.05. The number of nitrogens with zero attached hydrogens (tertiary/aromatic N) is 1. The van der Waals surface area contributed by atoms with Gasteiger partial charge in [-0.1, -0.05) is 0 Å². The second kappa shape index (κ2) is 6.08. The molecule has 0 saturated heterocycles. The van der Waals surface area contributed by atoms with Crippen molar-refractivity contribution in [2.45, 2.75) is 31.3 Å². The molecule has 3 N–H and O–H groups in total. The molecule has 7 nitrogen and oxygen atoms in total. The van der Waals surface area contributed by atoms with Gasteiger partial charge >= 0.3 is 12.1 Å². The van der Waals surface area contributed by atoms with Crippen LogP contribution in [0.3, 0.4) is 0 Å². The van der Waals surface area contributed by atoms with Crippen LogP contribution in [-0.4, -0.2) is 43.3 Å². The molecular formula is C16H22N4O3. The van der Waals surface area contributed by atoms with Gasteiger partial charge in [0.15, 0.2) is 0 Å². The van der Waals surface area contributed by atoms with Gasteiger partial charge in [0.1, 0.15) is 0 Å². The molecule has 1 heterocycles. The third kappa shape index (κ3) is 3.24. The third-order valence-corrected chi connectivity index (χ3v) is 4.47. The number of nitrogens with one attached hydrogen (secondary N) is 3. The summed E-state index contributed by atoms with van der Waals surface area (Å²) in [5.74, 6) is 0. The summed E-state index contributed by atoms with van der Waals surface area (Å²) >= 11 is 0. The minimum absolute atomic E-state index is 0.123. The first-order valence-electron chi connectivity index (χ1n) is 7.74. The normalized spacial score (nSPS) is 18.5. The summed E-state index contributed by atoms with van der Waals surface area (Å²) < 4.78 is 5.21. The van der Waals surface area contributed by atoms with Crippen molar-refractivity contribution in [3.05, 3.63) is 23.8 Å². The Hall–Kier alpha value is -2.28. The molecule has 0 bridgehead atoms. The average Bonchev–Trinajstić information content (AvgIpc) is 2.46. The van der Waals surface area contributed by atoms with E-state index in [0.29, 0.717) is 18.8 Å². The predicted octanol–water partition coefficient (Wildman–Crippen LogP) is 2.35. The Morgan fingerprint density at radius 1 is 1.43 bits per heavy atom. The number of fused-ring (bicyclic) bond motifs is 1. The highest BCUT2D eigenvalue weighted by atomic mass is 16.5. The molecule has 1 aliphatic heterocycles. The molecule has 0 spiro atoms. The van der Waals surface area contributed by atoms with Crippen LogP contribution in [0.15, 0.2) is 18.2 Å². The fourth-order valence-corrected chi connectivity index (χ4v) is 3.05. The first kappa shape index (κ1) is 15.6. The molecule has 1 aliphatic carbocycles. The number of methoxy groups -OCH3 is 1. The van der Waals surface area contributed by atoms with E-state index in [-0.39, 0.29) is 17.6 Å². The van der Waals surface area contributed by atoms with Crippen LogP contribution in [0.5, 0.6) is 0 Å². The Morgan fingerprint density at radius 3 is 2.87 bits per heavy atom. The second-order valence-corrected chi connectivity index (χ2v) is 6.30. The first-order valence-corrected chi connectivity index (χ1v) is 7.74. The number of urea groups is 2. The van der Waals surface area contributed by atoms with Crippen molar-refractivity contribution in [1.29, 1.82) is 0 Å². The summed E-state index contributed by atoms with van der Waals surface area (Å²) in [7, 11) is 3.38. The fourth-order valence-electron chi connectivity index (χ4n) is 3.05. The van der Waals surface area contributed by atoms with Crippen LogP contribution in [0.4, 0.5) is 21.0 Å². The molecule has 2 aliphatic rings. The van der Waals surface area contributed by atoms with E-state index in [1.807, 2.05) is 12.1 Å². The van der Waals surface area contributed by atoms with Gasteiger partial charge in [0, 0.05) is 32.1 Å². The largest absolute Gasteiger partial charge is 0.382 e. The number of amides is 4. The van der Waals surface area contributed by atoms with E-state index in [9.17, 15) is 9.59 Å².